The lowest BCUT2D eigenvalue weighted by Gasteiger charge is -2.40. The van der Waals surface area contributed by atoms with Crippen LogP contribution in [0.25, 0.3) is 11.1 Å². The molecule has 26 heavy (non-hydrogen) atoms. The first kappa shape index (κ1) is 19.0. The quantitative estimate of drug-likeness (QED) is 0.710. The zero-order valence-corrected chi connectivity index (χ0v) is 16.1. The van der Waals surface area contributed by atoms with Gasteiger partial charge in [0.2, 0.25) is 0 Å². The first-order chi connectivity index (χ1) is 12.2. The highest BCUT2D eigenvalue weighted by atomic mass is 35.5. The Bertz CT molecular complexity index is 796. The van der Waals surface area contributed by atoms with E-state index < -0.39 is 0 Å². The predicted molar refractivity (Wildman–Crippen MR) is 105 cm³/mol. The summed E-state index contributed by atoms with van der Waals surface area (Å²) in [5.41, 5.74) is 6.44. The summed E-state index contributed by atoms with van der Waals surface area (Å²) in [6.45, 7) is 1.12. The van der Waals surface area contributed by atoms with Crippen molar-refractivity contribution in [3.05, 3.63) is 47.0 Å². The molecule has 1 atom stereocenters. The van der Waals surface area contributed by atoms with Crippen molar-refractivity contribution in [1.82, 2.24) is 4.90 Å². The molecular formula is C21H25ClFNO2. The van der Waals surface area contributed by atoms with Crippen LogP contribution in [0, 0.1) is 0 Å². The summed E-state index contributed by atoms with van der Waals surface area (Å²) in [6.07, 6.45) is 2.44. The summed E-state index contributed by atoms with van der Waals surface area (Å²) in [7, 11) is 3.92. The molecule has 140 valence electrons. The molecule has 0 saturated heterocycles. The second-order valence-electron chi connectivity index (χ2n) is 6.88. The summed E-state index contributed by atoms with van der Waals surface area (Å²) < 4.78 is 24.0. The standard InChI is InChI=1S/C21H24FNO2.ClH/c1-23-9-7-15-11-16(24-2)13-17-20(15)18(23)12-14-5-3-6-19(21(14)17)25-10-4-8-22;/h3,5-6,11,13,18H,4,7-10,12H2,1-2H3;1H/t18-;/m1./s1. The molecule has 4 rings (SSSR count). The molecule has 0 fully saturated rings. The number of hydrogen-bond donors (Lipinski definition) is 0. The Morgan fingerprint density at radius 2 is 2.08 bits per heavy atom. The first-order valence-electron chi connectivity index (χ1n) is 8.95. The maximum Gasteiger partial charge on any atom is 0.127 e. The van der Waals surface area contributed by atoms with Crippen LogP contribution in [0.15, 0.2) is 30.3 Å². The van der Waals surface area contributed by atoms with Crippen molar-refractivity contribution in [3.8, 4) is 22.6 Å². The summed E-state index contributed by atoms with van der Waals surface area (Å²) >= 11 is 0. The number of alkyl halides is 1. The second-order valence-corrected chi connectivity index (χ2v) is 6.88. The van der Waals surface area contributed by atoms with Crippen molar-refractivity contribution in [2.75, 3.05) is 34.0 Å². The Balaban J connectivity index is 0.00000196. The monoisotopic (exact) mass is 377 g/mol. The number of methoxy groups -OCH3 is 1. The topological polar surface area (TPSA) is 21.7 Å². The Morgan fingerprint density at radius 3 is 2.85 bits per heavy atom. The maximum atomic E-state index is 12.5. The average Bonchev–Trinajstić information content (AvgIpc) is 2.64. The number of halogens is 2. The number of benzene rings is 2. The van der Waals surface area contributed by atoms with Gasteiger partial charge in [0.15, 0.2) is 0 Å². The van der Waals surface area contributed by atoms with Crippen molar-refractivity contribution < 1.29 is 13.9 Å². The van der Waals surface area contributed by atoms with Crippen LogP contribution < -0.4 is 9.47 Å². The van der Waals surface area contributed by atoms with Crippen LogP contribution in [-0.2, 0) is 12.8 Å². The van der Waals surface area contributed by atoms with E-state index in [0.717, 1.165) is 36.4 Å². The fourth-order valence-corrected chi connectivity index (χ4v) is 4.16. The van der Waals surface area contributed by atoms with Gasteiger partial charge in [-0.25, -0.2) is 0 Å². The molecule has 0 bridgehead atoms. The minimum absolute atomic E-state index is 0. The number of likely N-dealkylation sites (N-methyl/N-ethyl adjacent to an activating group) is 1. The lowest BCUT2D eigenvalue weighted by Crippen LogP contribution is -2.35. The van der Waals surface area contributed by atoms with E-state index in [9.17, 15) is 4.39 Å². The SMILES string of the molecule is COc1cc2c3c(c1)-c1c(cccc1OCCCF)C[C@H]3N(C)CC2.Cl. The number of ether oxygens (including phenoxy) is 2. The van der Waals surface area contributed by atoms with Gasteiger partial charge in [-0.15, -0.1) is 12.4 Å². The third-order valence-electron chi connectivity index (χ3n) is 5.40. The molecule has 2 aliphatic rings. The molecule has 0 amide bonds. The Hall–Kier alpha value is -1.78. The largest absolute Gasteiger partial charge is 0.497 e. The summed E-state index contributed by atoms with van der Waals surface area (Å²) in [4.78, 5) is 2.44. The van der Waals surface area contributed by atoms with Crippen molar-refractivity contribution in [1.29, 1.82) is 0 Å². The Labute approximate surface area is 160 Å². The van der Waals surface area contributed by atoms with Crippen LogP contribution in [-0.4, -0.2) is 38.9 Å². The van der Waals surface area contributed by atoms with Crippen molar-refractivity contribution >= 4 is 12.4 Å². The molecule has 1 aliphatic heterocycles. The highest BCUT2D eigenvalue weighted by Crippen LogP contribution is 2.49. The van der Waals surface area contributed by atoms with Crippen LogP contribution in [0.3, 0.4) is 0 Å². The molecule has 0 spiro atoms. The molecule has 2 aromatic rings. The zero-order valence-electron chi connectivity index (χ0n) is 15.3. The van der Waals surface area contributed by atoms with Crippen LogP contribution in [0.2, 0.25) is 0 Å². The number of hydrogen-bond acceptors (Lipinski definition) is 3. The number of rotatable bonds is 5. The molecule has 0 radical (unpaired) electrons. The van der Waals surface area contributed by atoms with Crippen LogP contribution in [0.5, 0.6) is 11.5 Å². The van der Waals surface area contributed by atoms with Crippen LogP contribution >= 0.6 is 12.4 Å². The highest BCUT2D eigenvalue weighted by molar-refractivity contribution is 5.85. The lowest BCUT2D eigenvalue weighted by atomic mass is 9.77. The normalized spacial score (nSPS) is 17.7. The molecule has 1 heterocycles. The van der Waals surface area contributed by atoms with Gasteiger partial charge in [0, 0.05) is 24.6 Å². The van der Waals surface area contributed by atoms with E-state index in [1.165, 1.54) is 22.3 Å². The third kappa shape index (κ3) is 3.17. The van der Waals surface area contributed by atoms with Gasteiger partial charge in [-0.3, -0.25) is 9.29 Å². The fraction of sp³-hybridized carbons (Fsp3) is 0.429. The zero-order chi connectivity index (χ0) is 17.4. The molecular weight excluding hydrogens is 353 g/mol. The van der Waals surface area contributed by atoms with Gasteiger partial charge in [-0.2, -0.15) is 0 Å². The van der Waals surface area contributed by atoms with Crippen molar-refractivity contribution in [3.63, 3.8) is 0 Å². The second kappa shape index (κ2) is 7.85. The Kier molecular flexibility index (Phi) is 5.73. The summed E-state index contributed by atoms with van der Waals surface area (Å²) in [6, 6.07) is 10.9. The molecule has 0 unspecified atom stereocenters. The van der Waals surface area contributed by atoms with Crippen LogP contribution in [0.1, 0.15) is 29.2 Å². The minimum Gasteiger partial charge on any atom is -0.497 e. The molecule has 1 aliphatic carbocycles. The van der Waals surface area contributed by atoms with Gasteiger partial charge in [-0.1, -0.05) is 12.1 Å². The van der Waals surface area contributed by atoms with E-state index in [0.29, 0.717) is 19.1 Å². The van der Waals surface area contributed by atoms with E-state index >= 15 is 0 Å². The molecule has 0 N–H and O–H groups in total. The number of nitrogens with zero attached hydrogens (tertiary/aromatic N) is 1. The van der Waals surface area contributed by atoms with Gasteiger partial charge < -0.3 is 9.47 Å². The Morgan fingerprint density at radius 1 is 1.23 bits per heavy atom. The van der Waals surface area contributed by atoms with E-state index in [1.54, 1.807) is 7.11 Å². The van der Waals surface area contributed by atoms with E-state index in [2.05, 4.69) is 30.1 Å². The lowest BCUT2D eigenvalue weighted by molar-refractivity contribution is 0.227. The number of fused-ring (bicyclic) bond motifs is 2. The first-order valence-corrected chi connectivity index (χ1v) is 8.95. The average molecular weight is 378 g/mol. The van der Waals surface area contributed by atoms with Gasteiger partial charge in [-0.05, 0) is 60.3 Å². The van der Waals surface area contributed by atoms with E-state index in [1.807, 2.05) is 12.1 Å². The van der Waals surface area contributed by atoms with Crippen LogP contribution in [0.4, 0.5) is 4.39 Å². The maximum absolute atomic E-state index is 12.5. The minimum atomic E-state index is -0.351. The molecule has 2 aromatic carbocycles. The van der Waals surface area contributed by atoms with Crippen molar-refractivity contribution in [2.24, 2.45) is 0 Å². The molecule has 3 nitrogen and oxygen atoms in total. The van der Waals surface area contributed by atoms with Gasteiger partial charge in [0.1, 0.15) is 11.5 Å². The fourth-order valence-electron chi connectivity index (χ4n) is 4.16. The third-order valence-corrected chi connectivity index (χ3v) is 5.40. The highest BCUT2D eigenvalue weighted by Gasteiger charge is 2.34. The van der Waals surface area contributed by atoms with Crippen molar-refractivity contribution in [2.45, 2.75) is 25.3 Å². The predicted octanol–water partition coefficient (Wildman–Crippen LogP) is 4.61. The molecule has 0 saturated carbocycles. The smallest absolute Gasteiger partial charge is 0.127 e. The van der Waals surface area contributed by atoms with E-state index in [4.69, 9.17) is 9.47 Å². The molecule has 5 heteroatoms. The van der Waals surface area contributed by atoms with E-state index in [-0.39, 0.29) is 19.1 Å². The van der Waals surface area contributed by atoms with Gasteiger partial charge in [0.25, 0.3) is 0 Å². The van der Waals surface area contributed by atoms with Gasteiger partial charge >= 0.3 is 0 Å². The van der Waals surface area contributed by atoms with Gasteiger partial charge in [0.05, 0.1) is 20.4 Å². The summed E-state index contributed by atoms with van der Waals surface area (Å²) in [5.74, 6) is 1.75. The summed E-state index contributed by atoms with van der Waals surface area (Å²) in [5, 5.41) is 0. The molecule has 0 aromatic heterocycles.